The molecule has 1 unspecified atom stereocenters. The summed E-state index contributed by atoms with van der Waals surface area (Å²) in [6.07, 6.45) is 5.12. The molecule has 0 spiro atoms. The summed E-state index contributed by atoms with van der Waals surface area (Å²) >= 11 is 0. The molecular formula is C20H26N4O5S. The summed E-state index contributed by atoms with van der Waals surface area (Å²) in [5, 5.41) is 3.01. The van der Waals surface area contributed by atoms with Gasteiger partial charge >= 0.3 is 11.1 Å². The summed E-state index contributed by atoms with van der Waals surface area (Å²) < 4.78 is 30.4. The van der Waals surface area contributed by atoms with Crippen LogP contribution >= 0.6 is 0 Å². The van der Waals surface area contributed by atoms with Crippen LogP contribution in [-0.2, 0) is 28.9 Å². The van der Waals surface area contributed by atoms with E-state index < -0.39 is 27.2 Å². The van der Waals surface area contributed by atoms with Gasteiger partial charge in [0.2, 0.25) is 15.9 Å². The molecule has 1 amide bonds. The van der Waals surface area contributed by atoms with Crippen LogP contribution in [0.15, 0.2) is 32.7 Å². The van der Waals surface area contributed by atoms with E-state index >= 15 is 0 Å². The van der Waals surface area contributed by atoms with E-state index in [1.807, 2.05) is 0 Å². The molecule has 2 fully saturated rings. The molecule has 4 rings (SSSR count). The Hall–Kier alpha value is -2.46. The number of carbonyl (C=O) groups excluding carboxylic acids is 1. The summed E-state index contributed by atoms with van der Waals surface area (Å²) in [5.74, 6) is -0.237. The molecular weight excluding hydrogens is 408 g/mol. The van der Waals surface area contributed by atoms with E-state index in [1.165, 1.54) is 41.2 Å². The van der Waals surface area contributed by atoms with Crippen molar-refractivity contribution in [3.8, 4) is 0 Å². The van der Waals surface area contributed by atoms with Crippen molar-refractivity contribution in [1.82, 2.24) is 18.8 Å². The topological polar surface area (TPSA) is 110 Å². The van der Waals surface area contributed by atoms with Crippen LogP contribution in [0.2, 0.25) is 0 Å². The number of benzene rings is 1. The van der Waals surface area contributed by atoms with Crippen molar-refractivity contribution in [3.63, 3.8) is 0 Å². The minimum atomic E-state index is -3.94. The molecule has 0 radical (unpaired) electrons. The van der Waals surface area contributed by atoms with Crippen molar-refractivity contribution in [2.75, 3.05) is 6.54 Å². The lowest BCUT2D eigenvalue weighted by Crippen LogP contribution is -2.48. The predicted octanol–water partition coefficient (Wildman–Crippen LogP) is 0.449. The maximum atomic E-state index is 13.4. The summed E-state index contributed by atoms with van der Waals surface area (Å²) in [7, 11) is -1.02. The molecule has 2 aliphatic rings. The van der Waals surface area contributed by atoms with Gasteiger partial charge in [-0.1, -0.05) is 12.8 Å². The fourth-order valence-corrected chi connectivity index (χ4v) is 6.19. The largest absolute Gasteiger partial charge is 0.352 e. The molecule has 1 aliphatic heterocycles. The SMILES string of the molecule is Cn1c(=O)c(=O)n(C)c2cc(S(=O)(=O)N3CCCC3C(=O)NC3CCCC3)ccc21. The van der Waals surface area contributed by atoms with Crippen molar-refractivity contribution in [1.29, 1.82) is 0 Å². The van der Waals surface area contributed by atoms with E-state index in [4.69, 9.17) is 0 Å². The second-order valence-electron chi connectivity index (χ2n) is 8.14. The first-order valence-electron chi connectivity index (χ1n) is 10.2. The zero-order valence-corrected chi connectivity index (χ0v) is 17.9. The van der Waals surface area contributed by atoms with E-state index in [1.54, 1.807) is 0 Å². The van der Waals surface area contributed by atoms with Gasteiger partial charge in [-0.2, -0.15) is 4.31 Å². The zero-order chi connectivity index (χ0) is 21.6. The second-order valence-corrected chi connectivity index (χ2v) is 10.0. The number of aryl methyl sites for hydroxylation is 2. The Morgan fingerprint density at radius 1 is 0.967 bits per heavy atom. The Morgan fingerprint density at radius 3 is 2.27 bits per heavy atom. The van der Waals surface area contributed by atoms with Crippen LogP contribution in [0.1, 0.15) is 38.5 Å². The van der Waals surface area contributed by atoms with Gasteiger partial charge in [0, 0.05) is 26.7 Å². The Balaban J connectivity index is 1.70. The fourth-order valence-electron chi connectivity index (χ4n) is 4.51. The van der Waals surface area contributed by atoms with Crippen LogP contribution in [0.25, 0.3) is 11.0 Å². The highest BCUT2D eigenvalue weighted by molar-refractivity contribution is 7.89. The van der Waals surface area contributed by atoms with E-state index in [0.29, 0.717) is 23.9 Å². The molecule has 162 valence electrons. The number of carbonyl (C=O) groups is 1. The van der Waals surface area contributed by atoms with Crippen molar-refractivity contribution < 1.29 is 13.2 Å². The molecule has 1 N–H and O–H groups in total. The monoisotopic (exact) mass is 434 g/mol. The lowest BCUT2D eigenvalue weighted by atomic mass is 10.2. The standard InChI is InChI=1S/C20H26N4O5S/c1-22-15-10-9-14(12-17(15)23(2)20(27)19(22)26)30(28,29)24-11-5-8-16(24)18(25)21-13-6-3-4-7-13/h9-10,12-13,16H,3-8,11H2,1-2H3,(H,21,25). The van der Waals surface area contributed by atoms with E-state index in [0.717, 1.165) is 30.3 Å². The Morgan fingerprint density at radius 2 is 1.60 bits per heavy atom. The van der Waals surface area contributed by atoms with Crippen LogP contribution in [-0.4, -0.2) is 46.4 Å². The molecule has 9 nitrogen and oxygen atoms in total. The average Bonchev–Trinajstić information content (AvgIpc) is 3.42. The van der Waals surface area contributed by atoms with Crippen LogP contribution < -0.4 is 16.4 Å². The Bertz CT molecular complexity index is 1220. The van der Waals surface area contributed by atoms with E-state index in [9.17, 15) is 22.8 Å². The molecule has 1 aliphatic carbocycles. The van der Waals surface area contributed by atoms with Gasteiger partial charge in [-0.3, -0.25) is 14.4 Å². The third kappa shape index (κ3) is 3.37. The second kappa shape index (κ2) is 7.66. The fraction of sp³-hybridized carbons (Fsp3) is 0.550. The lowest BCUT2D eigenvalue weighted by molar-refractivity contribution is -0.124. The predicted molar refractivity (Wildman–Crippen MR) is 112 cm³/mol. The molecule has 1 saturated carbocycles. The van der Waals surface area contributed by atoms with Crippen molar-refractivity contribution in [2.45, 2.75) is 55.5 Å². The number of nitrogens with one attached hydrogen (secondary N) is 1. The van der Waals surface area contributed by atoms with Gasteiger partial charge in [0.1, 0.15) is 6.04 Å². The summed E-state index contributed by atoms with van der Waals surface area (Å²) in [5.41, 5.74) is -0.606. The number of hydrogen-bond acceptors (Lipinski definition) is 5. The molecule has 1 aromatic carbocycles. The van der Waals surface area contributed by atoms with Crippen molar-refractivity contribution in [2.24, 2.45) is 14.1 Å². The normalized spacial score (nSPS) is 20.8. The Kier molecular flexibility index (Phi) is 5.31. The number of sulfonamides is 1. The first kappa shape index (κ1) is 20.8. The van der Waals surface area contributed by atoms with Crippen LogP contribution in [0.5, 0.6) is 0 Å². The molecule has 10 heteroatoms. The highest BCUT2D eigenvalue weighted by Crippen LogP contribution is 2.28. The Labute approximate surface area is 174 Å². The highest BCUT2D eigenvalue weighted by atomic mass is 32.2. The van der Waals surface area contributed by atoms with Gasteiger partial charge in [-0.25, -0.2) is 8.42 Å². The van der Waals surface area contributed by atoms with Gasteiger partial charge in [0.25, 0.3) is 0 Å². The molecule has 1 saturated heterocycles. The first-order valence-corrected chi connectivity index (χ1v) is 11.7. The van der Waals surface area contributed by atoms with Crippen LogP contribution in [0.4, 0.5) is 0 Å². The van der Waals surface area contributed by atoms with Crippen LogP contribution in [0, 0.1) is 0 Å². The van der Waals surface area contributed by atoms with Crippen molar-refractivity contribution >= 4 is 27.0 Å². The molecule has 30 heavy (non-hydrogen) atoms. The number of amides is 1. The summed E-state index contributed by atoms with van der Waals surface area (Å²) in [6.45, 7) is 0.273. The minimum Gasteiger partial charge on any atom is -0.352 e. The van der Waals surface area contributed by atoms with Gasteiger partial charge in [-0.15, -0.1) is 0 Å². The van der Waals surface area contributed by atoms with E-state index in [-0.39, 0.29) is 23.4 Å². The number of nitrogens with zero attached hydrogens (tertiary/aromatic N) is 3. The minimum absolute atomic E-state index is 0.00390. The van der Waals surface area contributed by atoms with Gasteiger partial charge in [0.05, 0.1) is 15.9 Å². The number of rotatable bonds is 4. The van der Waals surface area contributed by atoms with Gasteiger partial charge in [0.15, 0.2) is 0 Å². The lowest BCUT2D eigenvalue weighted by Gasteiger charge is -2.25. The molecule has 2 heterocycles. The maximum absolute atomic E-state index is 13.4. The zero-order valence-electron chi connectivity index (χ0n) is 17.1. The maximum Gasteiger partial charge on any atom is 0.316 e. The summed E-state index contributed by atoms with van der Waals surface area (Å²) in [6, 6.07) is 3.74. The van der Waals surface area contributed by atoms with Gasteiger partial charge in [-0.05, 0) is 43.9 Å². The van der Waals surface area contributed by atoms with Crippen molar-refractivity contribution in [3.05, 3.63) is 38.9 Å². The number of aromatic nitrogens is 2. The molecule has 1 aromatic heterocycles. The highest BCUT2D eigenvalue weighted by Gasteiger charge is 2.40. The molecule has 0 bridgehead atoms. The third-order valence-corrected chi connectivity index (χ3v) is 8.18. The van der Waals surface area contributed by atoms with Gasteiger partial charge < -0.3 is 14.5 Å². The third-order valence-electron chi connectivity index (χ3n) is 6.28. The van der Waals surface area contributed by atoms with Crippen LogP contribution in [0.3, 0.4) is 0 Å². The summed E-state index contributed by atoms with van der Waals surface area (Å²) in [4.78, 5) is 36.9. The quantitative estimate of drug-likeness (QED) is 0.703. The average molecular weight is 435 g/mol. The number of hydrogen-bond donors (Lipinski definition) is 1. The molecule has 1 atom stereocenters. The van der Waals surface area contributed by atoms with E-state index in [2.05, 4.69) is 5.32 Å². The number of fused-ring (bicyclic) bond motifs is 1. The smallest absolute Gasteiger partial charge is 0.316 e. The first-order chi connectivity index (χ1) is 14.2. The molecule has 2 aromatic rings.